The second-order valence-corrected chi connectivity index (χ2v) is 11.2. The fourth-order valence-electron chi connectivity index (χ4n) is 5.48. The number of aromatic nitrogens is 2. The Balaban J connectivity index is 1.45. The Morgan fingerprint density at radius 1 is 0.895 bits per heavy atom. The summed E-state index contributed by atoms with van der Waals surface area (Å²) in [4.78, 5) is 22.1. The molecule has 2 aromatic rings. The average molecular weight is 518 g/mol. The molecule has 1 aromatic carbocycles. The number of hydrogen-bond acceptors (Lipinski definition) is 5. The summed E-state index contributed by atoms with van der Waals surface area (Å²) >= 11 is 0. The summed E-state index contributed by atoms with van der Waals surface area (Å²) in [5.41, 5.74) is 1.03. The Bertz CT molecular complexity index is 986. The predicted molar refractivity (Wildman–Crippen MR) is 154 cm³/mol. The third kappa shape index (κ3) is 9.22. The fraction of sp³-hybridized carbons (Fsp3) is 0.636. The van der Waals surface area contributed by atoms with Gasteiger partial charge in [0.05, 0.1) is 6.07 Å². The van der Waals surface area contributed by atoms with E-state index in [2.05, 4.69) is 29.9 Å². The van der Waals surface area contributed by atoms with E-state index in [1.165, 1.54) is 82.6 Å². The molecule has 5 nitrogen and oxygen atoms in total. The fourth-order valence-corrected chi connectivity index (χ4v) is 5.48. The molecule has 1 heterocycles. The molecule has 5 heteroatoms. The molecule has 0 bridgehead atoms. The largest absolute Gasteiger partial charge is 0.425 e. The number of unbranched alkanes of at least 4 members (excludes halogenated alkanes) is 9. The van der Waals surface area contributed by atoms with Crippen molar-refractivity contribution >= 4 is 5.97 Å². The van der Waals surface area contributed by atoms with Crippen LogP contribution in [0, 0.1) is 22.7 Å². The van der Waals surface area contributed by atoms with Gasteiger partial charge in [-0.3, -0.25) is 0 Å². The van der Waals surface area contributed by atoms with Crippen molar-refractivity contribution in [2.45, 2.75) is 123 Å². The summed E-state index contributed by atoms with van der Waals surface area (Å²) in [7, 11) is 0. The lowest BCUT2D eigenvalue weighted by atomic mass is 9.70. The maximum atomic E-state index is 13.0. The number of rotatable bonds is 16. The van der Waals surface area contributed by atoms with Crippen LogP contribution < -0.4 is 4.74 Å². The third-order valence-electron chi connectivity index (χ3n) is 8.13. The maximum absolute atomic E-state index is 13.0. The zero-order valence-corrected chi connectivity index (χ0v) is 23.7. The first-order chi connectivity index (χ1) is 18.6. The Kier molecular flexibility index (Phi) is 12.8. The number of esters is 1. The number of hydrogen-bond donors (Lipinski definition) is 0. The number of nitriles is 1. The van der Waals surface area contributed by atoms with E-state index < -0.39 is 11.4 Å². The molecule has 0 spiro atoms. The molecule has 0 N–H and O–H groups in total. The van der Waals surface area contributed by atoms with E-state index in [4.69, 9.17) is 4.74 Å². The predicted octanol–water partition coefficient (Wildman–Crippen LogP) is 9.01. The minimum atomic E-state index is -1.02. The van der Waals surface area contributed by atoms with Crippen LogP contribution in [-0.2, 0) is 11.2 Å². The average Bonchev–Trinajstić information content (AvgIpc) is 2.96. The van der Waals surface area contributed by atoms with Gasteiger partial charge in [0.1, 0.15) is 5.75 Å². The van der Waals surface area contributed by atoms with Gasteiger partial charge in [-0.2, -0.15) is 5.26 Å². The van der Waals surface area contributed by atoms with Crippen molar-refractivity contribution < 1.29 is 9.53 Å². The molecule has 1 saturated carbocycles. The van der Waals surface area contributed by atoms with Crippen LogP contribution in [-0.4, -0.2) is 15.9 Å². The van der Waals surface area contributed by atoms with Crippen LogP contribution >= 0.6 is 0 Å². The van der Waals surface area contributed by atoms with Gasteiger partial charge in [-0.05, 0) is 74.3 Å². The molecule has 0 atom stereocenters. The molecule has 0 unspecified atom stereocenters. The Morgan fingerprint density at radius 3 is 2.08 bits per heavy atom. The SMILES string of the molecule is CCCCCCCCc1cnc(-c2ccc(OC(=O)[C@]3(C#N)CC[C@H](CCCCCCC)CC3)cc2)nc1. The molecule has 0 aliphatic heterocycles. The number of benzene rings is 1. The molecule has 0 amide bonds. The van der Waals surface area contributed by atoms with Crippen molar-refractivity contribution in [2.24, 2.45) is 11.3 Å². The van der Waals surface area contributed by atoms with Crippen molar-refractivity contribution in [3.8, 4) is 23.2 Å². The maximum Gasteiger partial charge on any atom is 0.331 e. The van der Waals surface area contributed by atoms with E-state index in [9.17, 15) is 10.1 Å². The van der Waals surface area contributed by atoms with Gasteiger partial charge in [-0.15, -0.1) is 0 Å². The lowest BCUT2D eigenvalue weighted by Crippen LogP contribution is -2.37. The minimum absolute atomic E-state index is 0.413. The van der Waals surface area contributed by atoms with Crippen molar-refractivity contribution in [1.29, 1.82) is 5.26 Å². The van der Waals surface area contributed by atoms with Crippen LogP contribution in [0.25, 0.3) is 11.4 Å². The smallest absolute Gasteiger partial charge is 0.331 e. The lowest BCUT2D eigenvalue weighted by Gasteiger charge is -2.33. The highest BCUT2D eigenvalue weighted by Crippen LogP contribution is 2.41. The van der Waals surface area contributed by atoms with Gasteiger partial charge in [-0.25, -0.2) is 14.8 Å². The first-order valence-corrected chi connectivity index (χ1v) is 15.1. The van der Waals surface area contributed by atoms with Crippen LogP contribution in [0.2, 0.25) is 0 Å². The highest BCUT2D eigenvalue weighted by molar-refractivity contribution is 5.82. The molecule has 38 heavy (non-hydrogen) atoms. The molecule has 3 rings (SSSR count). The molecular weight excluding hydrogens is 470 g/mol. The first-order valence-electron chi connectivity index (χ1n) is 15.1. The van der Waals surface area contributed by atoms with E-state index in [1.807, 2.05) is 24.5 Å². The lowest BCUT2D eigenvalue weighted by molar-refractivity contribution is -0.144. The quantitative estimate of drug-likeness (QED) is 0.126. The van der Waals surface area contributed by atoms with Gasteiger partial charge >= 0.3 is 5.97 Å². The summed E-state index contributed by atoms with van der Waals surface area (Å²) in [6, 6.07) is 9.61. The molecule has 1 fully saturated rings. The zero-order valence-electron chi connectivity index (χ0n) is 23.7. The van der Waals surface area contributed by atoms with Crippen LogP contribution in [0.15, 0.2) is 36.7 Å². The molecule has 1 aromatic heterocycles. The third-order valence-corrected chi connectivity index (χ3v) is 8.13. The van der Waals surface area contributed by atoms with Crippen LogP contribution in [0.3, 0.4) is 0 Å². The van der Waals surface area contributed by atoms with Gasteiger partial charge in [0.15, 0.2) is 11.2 Å². The second-order valence-electron chi connectivity index (χ2n) is 11.2. The van der Waals surface area contributed by atoms with E-state index in [1.54, 1.807) is 12.1 Å². The Hall–Kier alpha value is -2.74. The summed E-state index contributed by atoms with van der Waals surface area (Å²) in [6.45, 7) is 4.48. The Labute approximate surface area is 230 Å². The number of nitrogens with zero attached hydrogens (tertiary/aromatic N) is 3. The van der Waals surface area contributed by atoms with Gasteiger partial charge < -0.3 is 4.74 Å². The van der Waals surface area contributed by atoms with Gasteiger partial charge in [0, 0.05) is 18.0 Å². The normalized spacial score (nSPS) is 19.1. The highest BCUT2D eigenvalue weighted by atomic mass is 16.5. The van der Waals surface area contributed by atoms with Gasteiger partial charge in [0.2, 0.25) is 0 Å². The molecule has 0 saturated heterocycles. The number of aryl methyl sites for hydroxylation is 1. The summed E-state index contributed by atoms with van der Waals surface area (Å²) < 4.78 is 5.70. The zero-order chi connectivity index (χ0) is 27.1. The van der Waals surface area contributed by atoms with Crippen molar-refractivity contribution in [1.82, 2.24) is 9.97 Å². The highest BCUT2D eigenvalue weighted by Gasteiger charge is 2.43. The van der Waals surface area contributed by atoms with Crippen molar-refractivity contribution in [3.05, 3.63) is 42.2 Å². The molecule has 1 aliphatic carbocycles. The van der Waals surface area contributed by atoms with E-state index in [-0.39, 0.29) is 0 Å². The molecular formula is C33H47N3O2. The van der Waals surface area contributed by atoms with Crippen LogP contribution in [0.5, 0.6) is 5.75 Å². The van der Waals surface area contributed by atoms with Gasteiger partial charge in [-0.1, -0.05) is 84.5 Å². The number of carbonyl (C=O) groups excluding carboxylic acids is 1. The number of carbonyl (C=O) groups is 1. The number of ether oxygens (including phenoxy) is 1. The van der Waals surface area contributed by atoms with Crippen LogP contribution in [0.4, 0.5) is 0 Å². The van der Waals surface area contributed by atoms with E-state index in [0.717, 1.165) is 24.8 Å². The standard InChI is InChI=1S/C33H47N3O2/c1-3-5-7-9-11-13-15-28-24-35-31(36-25-28)29-16-18-30(19-17-29)38-32(37)33(26-34)22-20-27(21-23-33)14-12-10-8-6-4-2/h16-19,24-25,27H,3-15,20-23H2,1-2H3/t27-,33+. The van der Waals surface area contributed by atoms with Crippen LogP contribution in [0.1, 0.15) is 122 Å². The van der Waals surface area contributed by atoms with E-state index in [0.29, 0.717) is 30.3 Å². The summed E-state index contributed by atoms with van der Waals surface area (Å²) in [6.07, 6.45) is 23.2. The summed E-state index contributed by atoms with van der Waals surface area (Å²) in [5, 5.41) is 9.90. The first kappa shape index (κ1) is 29.8. The van der Waals surface area contributed by atoms with Crippen molar-refractivity contribution in [2.75, 3.05) is 0 Å². The molecule has 1 aliphatic rings. The second kappa shape index (κ2) is 16.3. The monoisotopic (exact) mass is 517 g/mol. The summed E-state index contributed by atoms with van der Waals surface area (Å²) in [5.74, 6) is 1.34. The topological polar surface area (TPSA) is 75.9 Å². The minimum Gasteiger partial charge on any atom is -0.425 e. The van der Waals surface area contributed by atoms with Crippen molar-refractivity contribution in [3.63, 3.8) is 0 Å². The Morgan fingerprint density at radius 2 is 1.47 bits per heavy atom. The molecule has 206 valence electrons. The van der Waals surface area contributed by atoms with Gasteiger partial charge in [0.25, 0.3) is 0 Å². The van der Waals surface area contributed by atoms with E-state index >= 15 is 0 Å². The molecule has 0 radical (unpaired) electrons.